The highest BCUT2D eigenvalue weighted by Crippen LogP contribution is 2.19. The number of halogens is 1. The Bertz CT molecular complexity index is 605. The molecule has 2 rings (SSSR count). The van der Waals surface area contributed by atoms with Crippen LogP contribution in [0.1, 0.15) is 52.3 Å². The molecule has 1 aromatic rings. The molecule has 148 valence electrons. The molecule has 0 saturated carbocycles. The third-order valence-electron chi connectivity index (χ3n) is 3.87. The van der Waals surface area contributed by atoms with Gasteiger partial charge >= 0.3 is 6.09 Å². The van der Waals surface area contributed by atoms with E-state index in [9.17, 15) is 4.79 Å². The predicted molar refractivity (Wildman–Crippen MR) is 108 cm³/mol. The van der Waals surface area contributed by atoms with Crippen LogP contribution in [0.4, 0.5) is 4.79 Å². The number of nitrogens with one attached hydrogen (secondary N) is 1. The summed E-state index contributed by atoms with van der Waals surface area (Å²) in [6, 6.07) is 0.185. The Balaban J connectivity index is 0.00000338. The molecule has 1 aliphatic heterocycles. The fourth-order valence-electron chi connectivity index (χ4n) is 2.45. The van der Waals surface area contributed by atoms with E-state index in [1.54, 1.807) is 11.8 Å². The van der Waals surface area contributed by atoms with Gasteiger partial charge < -0.3 is 25.2 Å². The van der Waals surface area contributed by atoms with E-state index in [2.05, 4.69) is 20.4 Å². The molecule has 2 heterocycles. The molecule has 26 heavy (non-hydrogen) atoms. The number of aromatic nitrogens is 2. The van der Waals surface area contributed by atoms with Crippen molar-refractivity contribution in [1.29, 1.82) is 0 Å². The molecular weight excluding hydrogens is 451 g/mol. The number of hydrogen-bond donors (Lipinski definition) is 2. The van der Waals surface area contributed by atoms with E-state index in [1.165, 1.54) is 0 Å². The van der Waals surface area contributed by atoms with Crippen LogP contribution >= 0.6 is 24.0 Å². The second-order valence-corrected chi connectivity index (χ2v) is 7.07. The SMILES string of the molecule is CCOC(=O)N1CCC(NC(N)=NCc2noc(C(C)(C)C)n2)CC1.I. The number of guanidine groups is 1. The van der Waals surface area contributed by atoms with Crippen molar-refractivity contribution in [3.05, 3.63) is 11.7 Å². The highest BCUT2D eigenvalue weighted by atomic mass is 127. The van der Waals surface area contributed by atoms with E-state index >= 15 is 0 Å². The molecular formula is C16H29IN6O3. The zero-order chi connectivity index (χ0) is 18.4. The number of carbonyl (C=O) groups excluding carboxylic acids is 1. The van der Waals surface area contributed by atoms with Gasteiger partial charge in [-0.05, 0) is 19.8 Å². The fourth-order valence-corrected chi connectivity index (χ4v) is 2.45. The van der Waals surface area contributed by atoms with Crippen LogP contribution in [0, 0.1) is 0 Å². The Morgan fingerprint density at radius 1 is 1.42 bits per heavy atom. The Morgan fingerprint density at radius 2 is 2.08 bits per heavy atom. The van der Waals surface area contributed by atoms with Gasteiger partial charge in [-0.15, -0.1) is 24.0 Å². The second kappa shape index (κ2) is 9.93. The van der Waals surface area contributed by atoms with Crippen LogP contribution in [0.25, 0.3) is 0 Å². The summed E-state index contributed by atoms with van der Waals surface area (Å²) in [5, 5.41) is 7.09. The molecule has 0 unspecified atom stereocenters. The van der Waals surface area contributed by atoms with Gasteiger partial charge in [0.15, 0.2) is 11.8 Å². The van der Waals surface area contributed by atoms with Crippen LogP contribution in [0.2, 0.25) is 0 Å². The standard InChI is InChI=1S/C16H28N6O3.HI/c1-5-24-15(23)22-8-6-11(7-9-22)19-14(17)18-10-12-20-13(25-21-12)16(2,3)4;/h11H,5-10H2,1-4H3,(H3,17,18,19);1H. The molecule has 1 amide bonds. The maximum absolute atomic E-state index is 11.7. The van der Waals surface area contributed by atoms with E-state index in [1.807, 2.05) is 20.8 Å². The summed E-state index contributed by atoms with van der Waals surface area (Å²) < 4.78 is 10.2. The predicted octanol–water partition coefficient (Wildman–Crippen LogP) is 2.01. The number of ether oxygens (including phenoxy) is 1. The Hall–Kier alpha value is -1.59. The van der Waals surface area contributed by atoms with Gasteiger partial charge in [-0.25, -0.2) is 9.79 Å². The van der Waals surface area contributed by atoms with Crippen molar-refractivity contribution < 1.29 is 14.1 Å². The molecule has 9 nitrogen and oxygen atoms in total. The minimum atomic E-state index is -0.255. The molecule has 0 aromatic carbocycles. The lowest BCUT2D eigenvalue weighted by atomic mass is 9.97. The van der Waals surface area contributed by atoms with E-state index in [-0.39, 0.29) is 48.1 Å². The number of carbonyl (C=O) groups is 1. The van der Waals surface area contributed by atoms with E-state index < -0.39 is 0 Å². The number of nitrogens with zero attached hydrogens (tertiary/aromatic N) is 4. The number of hydrogen-bond acceptors (Lipinski definition) is 6. The van der Waals surface area contributed by atoms with Gasteiger partial charge in [0, 0.05) is 24.5 Å². The van der Waals surface area contributed by atoms with Gasteiger partial charge in [-0.2, -0.15) is 4.98 Å². The highest BCUT2D eigenvalue weighted by Gasteiger charge is 2.24. The number of likely N-dealkylation sites (tertiary alicyclic amines) is 1. The number of rotatable bonds is 4. The van der Waals surface area contributed by atoms with Gasteiger partial charge in [0.25, 0.3) is 0 Å². The number of amides is 1. The zero-order valence-electron chi connectivity index (χ0n) is 15.8. The molecule has 1 fully saturated rings. The topological polar surface area (TPSA) is 119 Å². The quantitative estimate of drug-likeness (QED) is 0.385. The summed E-state index contributed by atoms with van der Waals surface area (Å²) in [5.74, 6) is 1.43. The van der Waals surface area contributed by atoms with Crippen LogP contribution < -0.4 is 11.1 Å². The normalized spacial score (nSPS) is 16.2. The van der Waals surface area contributed by atoms with E-state index in [0.29, 0.717) is 37.4 Å². The Kier molecular flexibility index (Phi) is 8.57. The van der Waals surface area contributed by atoms with Crippen LogP contribution in [-0.2, 0) is 16.7 Å². The fraction of sp³-hybridized carbons (Fsp3) is 0.750. The lowest BCUT2D eigenvalue weighted by Gasteiger charge is -2.31. The molecule has 1 aromatic heterocycles. The monoisotopic (exact) mass is 480 g/mol. The van der Waals surface area contributed by atoms with E-state index in [4.69, 9.17) is 15.0 Å². The van der Waals surface area contributed by atoms with Crippen LogP contribution in [0.5, 0.6) is 0 Å². The number of piperidine rings is 1. The first-order valence-electron chi connectivity index (χ1n) is 8.60. The van der Waals surface area contributed by atoms with Crippen LogP contribution in [-0.4, -0.2) is 52.8 Å². The molecule has 0 bridgehead atoms. The van der Waals surface area contributed by atoms with Gasteiger partial charge in [-0.1, -0.05) is 25.9 Å². The van der Waals surface area contributed by atoms with Crippen LogP contribution in [0.3, 0.4) is 0 Å². The number of aliphatic imine (C=N–C) groups is 1. The molecule has 10 heteroatoms. The van der Waals surface area contributed by atoms with Crippen molar-refractivity contribution in [3.8, 4) is 0 Å². The Labute approximate surface area is 171 Å². The highest BCUT2D eigenvalue weighted by molar-refractivity contribution is 14.0. The maximum atomic E-state index is 11.7. The first-order valence-corrected chi connectivity index (χ1v) is 8.60. The third kappa shape index (κ3) is 6.61. The zero-order valence-corrected chi connectivity index (χ0v) is 18.1. The molecule has 1 aliphatic rings. The first kappa shape index (κ1) is 22.5. The minimum Gasteiger partial charge on any atom is -0.450 e. The molecule has 0 atom stereocenters. The third-order valence-corrected chi connectivity index (χ3v) is 3.87. The van der Waals surface area contributed by atoms with Gasteiger partial charge in [-0.3, -0.25) is 0 Å². The van der Waals surface area contributed by atoms with Crippen molar-refractivity contribution in [2.24, 2.45) is 10.7 Å². The minimum absolute atomic E-state index is 0. The summed E-state index contributed by atoms with van der Waals surface area (Å²) in [6.07, 6.45) is 1.34. The summed E-state index contributed by atoms with van der Waals surface area (Å²) in [5.41, 5.74) is 5.75. The summed E-state index contributed by atoms with van der Waals surface area (Å²) in [4.78, 5) is 22.0. The second-order valence-electron chi connectivity index (χ2n) is 7.07. The van der Waals surface area contributed by atoms with Crippen molar-refractivity contribution in [2.75, 3.05) is 19.7 Å². The summed E-state index contributed by atoms with van der Waals surface area (Å²) >= 11 is 0. The molecule has 0 radical (unpaired) electrons. The molecule has 3 N–H and O–H groups in total. The van der Waals surface area contributed by atoms with Crippen LogP contribution in [0.15, 0.2) is 9.52 Å². The Morgan fingerprint density at radius 3 is 2.62 bits per heavy atom. The average molecular weight is 480 g/mol. The van der Waals surface area contributed by atoms with Crippen molar-refractivity contribution in [3.63, 3.8) is 0 Å². The molecule has 0 aliphatic carbocycles. The number of nitrogens with two attached hydrogens (primary N) is 1. The molecule has 1 saturated heterocycles. The smallest absolute Gasteiger partial charge is 0.409 e. The van der Waals surface area contributed by atoms with E-state index in [0.717, 1.165) is 12.8 Å². The first-order chi connectivity index (χ1) is 11.8. The van der Waals surface area contributed by atoms with Crippen molar-refractivity contribution in [1.82, 2.24) is 20.4 Å². The summed E-state index contributed by atoms with van der Waals surface area (Å²) in [6.45, 7) is 9.76. The largest absolute Gasteiger partial charge is 0.450 e. The maximum Gasteiger partial charge on any atom is 0.409 e. The summed E-state index contributed by atoms with van der Waals surface area (Å²) in [7, 11) is 0. The van der Waals surface area contributed by atoms with Gasteiger partial charge in [0.05, 0.1) is 6.61 Å². The average Bonchev–Trinajstić information content (AvgIpc) is 3.03. The van der Waals surface area contributed by atoms with Crippen molar-refractivity contribution in [2.45, 2.75) is 58.5 Å². The lowest BCUT2D eigenvalue weighted by Crippen LogP contribution is -2.48. The molecule has 0 spiro atoms. The van der Waals surface area contributed by atoms with Crippen molar-refractivity contribution >= 4 is 36.0 Å². The lowest BCUT2D eigenvalue weighted by molar-refractivity contribution is 0.0963. The van der Waals surface area contributed by atoms with Gasteiger partial charge in [0.2, 0.25) is 5.89 Å². The van der Waals surface area contributed by atoms with Gasteiger partial charge in [0.1, 0.15) is 6.54 Å².